The van der Waals surface area contributed by atoms with Gasteiger partial charge in [0.15, 0.2) is 0 Å². The SMILES string of the molecule is CCC(C)C(N)C(=O)NC(CO)C(=O)NC(CC(=O)O)C(=O)NC(CCCCN)C(=O)O. The molecule has 5 unspecified atom stereocenters. The van der Waals surface area contributed by atoms with Gasteiger partial charge in [-0.15, -0.1) is 0 Å². The number of rotatable bonds is 16. The van der Waals surface area contributed by atoms with Gasteiger partial charge in [0, 0.05) is 0 Å². The van der Waals surface area contributed by atoms with Crippen LogP contribution in [0.3, 0.4) is 0 Å². The summed E-state index contributed by atoms with van der Waals surface area (Å²) in [5.74, 6) is -5.69. The summed E-state index contributed by atoms with van der Waals surface area (Å²) in [7, 11) is 0. The molecule has 10 N–H and O–H groups in total. The number of nitrogens with two attached hydrogens (primary N) is 2. The molecule has 184 valence electrons. The zero-order valence-corrected chi connectivity index (χ0v) is 18.4. The molecule has 0 aliphatic carbocycles. The third kappa shape index (κ3) is 10.5. The van der Waals surface area contributed by atoms with Gasteiger partial charge in [0.25, 0.3) is 0 Å². The van der Waals surface area contributed by atoms with E-state index in [1.165, 1.54) is 0 Å². The summed E-state index contributed by atoms with van der Waals surface area (Å²) in [6.45, 7) is 3.07. The van der Waals surface area contributed by atoms with Crippen molar-refractivity contribution in [2.24, 2.45) is 17.4 Å². The maximum Gasteiger partial charge on any atom is 0.326 e. The number of carbonyl (C=O) groups excluding carboxylic acids is 3. The largest absolute Gasteiger partial charge is 0.481 e. The molecule has 0 aromatic carbocycles. The number of unbranched alkanes of at least 4 members (excludes halogenated alkanes) is 1. The van der Waals surface area contributed by atoms with E-state index in [1.807, 2.05) is 6.92 Å². The predicted molar refractivity (Wildman–Crippen MR) is 113 cm³/mol. The van der Waals surface area contributed by atoms with Gasteiger partial charge in [-0.25, -0.2) is 4.79 Å². The molecule has 0 saturated heterocycles. The summed E-state index contributed by atoms with van der Waals surface area (Å²) >= 11 is 0. The first-order valence-corrected chi connectivity index (χ1v) is 10.4. The molecule has 0 radical (unpaired) electrons. The fourth-order valence-corrected chi connectivity index (χ4v) is 2.65. The molecule has 5 atom stereocenters. The van der Waals surface area contributed by atoms with Crippen LogP contribution in [0.2, 0.25) is 0 Å². The molecule has 32 heavy (non-hydrogen) atoms. The zero-order chi connectivity index (χ0) is 24.8. The molecule has 0 aliphatic rings. The Morgan fingerprint density at radius 1 is 0.875 bits per heavy atom. The van der Waals surface area contributed by atoms with Crippen LogP contribution in [0.1, 0.15) is 46.0 Å². The normalized spacial score (nSPS) is 15.5. The van der Waals surface area contributed by atoms with Gasteiger partial charge in [-0.2, -0.15) is 0 Å². The summed E-state index contributed by atoms with van der Waals surface area (Å²) < 4.78 is 0. The lowest BCUT2D eigenvalue weighted by Crippen LogP contribution is -2.58. The van der Waals surface area contributed by atoms with E-state index < -0.39 is 66.9 Å². The molecule has 0 saturated carbocycles. The van der Waals surface area contributed by atoms with E-state index in [9.17, 15) is 34.2 Å². The van der Waals surface area contributed by atoms with Crippen LogP contribution in [0.4, 0.5) is 0 Å². The van der Waals surface area contributed by atoms with Gasteiger partial charge in [0.2, 0.25) is 17.7 Å². The monoisotopic (exact) mass is 461 g/mol. The van der Waals surface area contributed by atoms with Gasteiger partial charge >= 0.3 is 11.9 Å². The van der Waals surface area contributed by atoms with Crippen LogP contribution in [0.15, 0.2) is 0 Å². The molecule has 0 spiro atoms. The molecule has 0 heterocycles. The topological polar surface area (TPSA) is 234 Å². The second-order valence-electron chi connectivity index (χ2n) is 7.50. The zero-order valence-electron chi connectivity index (χ0n) is 18.4. The Morgan fingerprint density at radius 2 is 1.41 bits per heavy atom. The number of aliphatic hydroxyl groups excluding tert-OH is 1. The fourth-order valence-electron chi connectivity index (χ4n) is 2.65. The Hall–Kier alpha value is -2.77. The van der Waals surface area contributed by atoms with Gasteiger partial charge in [-0.3, -0.25) is 19.2 Å². The Morgan fingerprint density at radius 3 is 1.88 bits per heavy atom. The second kappa shape index (κ2) is 15.1. The van der Waals surface area contributed by atoms with Crippen LogP contribution in [0.5, 0.6) is 0 Å². The van der Waals surface area contributed by atoms with E-state index in [4.69, 9.17) is 16.6 Å². The van der Waals surface area contributed by atoms with Crippen molar-refractivity contribution in [1.29, 1.82) is 0 Å². The number of hydrogen-bond donors (Lipinski definition) is 8. The second-order valence-corrected chi connectivity index (χ2v) is 7.50. The highest BCUT2D eigenvalue weighted by molar-refractivity contribution is 5.95. The maximum absolute atomic E-state index is 12.5. The van der Waals surface area contributed by atoms with Crippen molar-refractivity contribution in [3.63, 3.8) is 0 Å². The quantitative estimate of drug-likeness (QED) is 0.112. The number of hydrogen-bond acceptors (Lipinski definition) is 8. The molecular weight excluding hydrogens is 426 g/mol. The first kappa shape index (κ1) is 29.2. The number of aliphatic hydroxyl groups is 1. The Kier molecular flexibility index (Phi) is 13.8. The summed E-state index contributed by atoms with van der Waals surface area (Å²) in [5.41, 5.74) is 11.2. The van der Waals surface area contributed by atoms with E-state index in [0.717, 1.165) is 0 Å². The highest BCUT2D eigenvalue weighted by Gasteiger charge is 2.31. The summed E-state index contributed by atoms with van der Waals surface area (Å²) in [4.78, 5) is 59.7. The van der Waals surface area contributed by atoms with Crippen molar-refractivity contribution < 1.29 is 39.3 Å². The third-order valence-corrected chi connectivity index (χ3v) is 4.95. The highest BCUT2D eigenvalue weighted by Crippen LogP contribution is 2.06. The van der Waals surface area contributed by atoms with E-state index in [-0.39, 0.29) is 12.3 Å². The Labute approximate surface area is 186 Å². The van der Waals surface area contributed by atoms with E-state index in [1.54, 1.807) is 6.92 Å². The van der Waals surface area contributed by atoms with Gasteiger partial charge in [-0.1, -0.05) is 20.3 Å². The first-order valence-electron chi connectivity index (χ1n) is 10.4. The van der Waals surface area contributed by atoms with E-state index >= 15 is 0 Å². The number of nitrogens with one attached hydrogen (secondary N) is 3. The lowest BCUT2D eigenvalue weighted by molar-refractivity contribution is -0.144. The molecule has 0 bridgehead atoms. The van der Waals surface area contributed by atoms with Crippen molar-refractivity contribution >= 4 is 29.7 Å². The van der Waals surface area contributed by atoms with Crippen LogP contribution < -0.4 is 27.4 Å². The number of carbonyl (C=O) groups is 5. The van der Waals surface area contributed by atoms with Crippen molar-refractivity contribution in [2.75, 3.05) is 13.2 Å². The number of amides is 3. The van der Waals surface area contributed by atoms with Crippen LogP contribution in [0.25, 0.3) is 0 Å². The van der Waals surface area contributed by atoms with Crippen LogP contribution in [-0.4, -0.2) is 82.3 Å². The summed E-state index contributed by atoms with van der Waals surface area (Å²) in [6, 6.07) is -5.36. The lowest BCUT2D eigenvalue weighted by Gasteiger charge is -2.24. The molecule has 0 aromatic heterocycles. The molecule has 0 aliphatic heterocycles. The standard InChI is InChI=1S/C19H35N5O8/c1-3-10(2)15(21)18(30)24-13(9-25)17(29)23-12(8-14(26)27)16(28)22-11(19(31)32)6-4-5-7-20/h10-13,15,25H,3-9,20-21H2,1-2H3,(H,22,28)(H,23,29)(H,24,30)(H,26,27)(H,31,32). The van der Waals surface area contributed by atoms with Crippen LogP contribution >= 0.6 is 0 Å². The molecule has 13 nitrogen and oxygen atoms in total. The average molecular weight is 462 g/mol. The maximum atomic E-state index is 12.5. The third-order valence-electron chi connectivity index (χ3n) is 4.95. The number of aliphatic carboxylic acids is 2. The minimum Gasteiger partial charge on any atom is -0.481 e. The summed E-state index contributed by atoms with van der Waals surface area (Å²) in [5, 5.41) is 34.4. The molecule has 3 amide bonds. The minimum absolute atomic E-state index is 0.0643. The molecule has 0 rings (SSSR count). The molecule has 0 fully saturated rings. The van der Waals surface area contributed by atoms with Crippen molar-refractivity contribution in [1.82, 2.24) is 16.0 Å². The van der Waals surface area contributed by atoms with Gasteiger partial charge in [-0.05, 0) is 31.7 Å². The minimum atomic E-state index is -1.63. The Balaban J connectivity index is 5.27. The van der Waals surface area contributed by atoms with Crippen LogP contribution in [-0.2, 0) is 24.0 Å². The fraction of sp³-hybridized carbons (Fsp3) is 0.737. The number of carboxylic acids is 2. The smallest absolute Gasteiger partial charge is 0.326 e. The van der Waals surface area contributed by atoms with Gasteiger partial charge in [0.05, 0.1) is 19.1 Å². The van der Waals surface area contributed by atoms with Crippen LogP contribution in [0, 0.1) is 5.92 Å². The average Bonchev–Trinajstić information content (AvgIpc) is 2.74. The first-order chi connectivity index (χ1) is 15.0. The van der Waals surface area contributed by atoms with Gasteiger partial charge < -0.3 is 42.7 Å². The van der Waals surface area contributed by atoms with Crippen molar-refractivity contribution in [2.45, 2.75) is 70.1 Å². The van der Waals surface area contributed by atoms with E-state index in [0.29, 0.717) is 25.8 Å². The van der Waals surface area contributed by atoms with Crippen molar-refractivity contribution in [3.05, 3.63) is 0 Å². The number of carboxylic acid groups (broad SMARTS) is 2. The summed E-state index contributed by atoms with van der Waals surface area (Å²) in [6.07, 6.45) is 0.770. The lowest BCUT2D eigenvalue weighted by atomic mass is 9.99. The molecule has 0 aromatic rings. The van der Waals surface area contributed by atoms with Crippen molar-refractivity contribution in [3.8, 4) is 0 Å². The molecular formula is C19H35N5O8. The van der Waals surface area contributed by atoms with E-state index in [2.05, 4.69) is 16.0 Å². The van der Waals surface area contributed by atoms with Gasteiger partial charge in [0.1, 0.15) is 18.1 Å². The molecule has 13 heteroatoms. The predicted octanol–water partition coefficient (Wildman–Crippen LogP) is -2.51. The Bertz CT molecular complexity index is 660. The highest BCUT2D eigenvalue weighted by atomic mass is 16.4.